The van der Waals surface area contributed by atoms with Crippen molar-refractivity contribution in [2.45, 2.75) is 11.8 Å². The molecule has 1 aromatic heterocycles. The molecule has 0 aliphatic carbocycles. The zero-order valence-corrected chi connectivity index (χ0v) is 18.1. The Hall–Kier alpha value is -2.87. The predicted octanol–water partition coefficient (Wildman–Crippen LogP) is 0.918. The van der Waals surface area contributed by atoms with E-state index in [1.165, 1.54) is 40.9 Å². The Morgan fingerprint density at radius 1 is 1.16 bits per heavy atom. The number of anilines is 2. The first-order chi connectivity index (χ1) is 14.8. The van der Waals surface area contributed by atoms with Crippen molar-refractivity contribution in [2.24, 2.45) is 0 Å². The van der Waals surface area contributed by atoms with E-state index in [1.54, 1.807) is 0 Å². The van der Waals surface area contributed by atoms with Gasteiger partial charge in [-0.15, -0.1) is 11.3 Å². The fraction of sp³-hybridized carbons (Fsp3) is 0.333. The summed E-state index contributed by atoms with van der Waals surface area (Å²) >= 11 is 1.05. The van der Waals surface area contributed by atoms with Crippen LogP contribution in [-0.4, -0.2) is 68.4 Å². The number of ether oxygens (including phenoxy) is 2. The number of hydrogen-bond acceptors (Lipinski definition) is 9. The lowest BCUT2D eigenvalue weighted by molar-refractivity contribution is -0.119. The molecule has 1 aromatic carbocycles. The van der Waals surface area contributed by atoms with Crippen LogP contribution in [0.1, 0.15) is 17.4 Å². The summed E-state index contributed by atoms with van der Waals surface area (Å²) in [5, 5.41) is 6.61. The van der Waals surface area contributed by atoms with Gasteiger partial charge >= 0.3 is 5.97 Å². The minimum Gasteiger partial charge on any atom is -0.451 e. The van der Waals surface area contributed by atoms with Crippen LogP contribution < -0.4 is 10.6 Å². The van der Waals surface area contributed by atoms with Crippen molar-refractivity contribution in [1.29, 1.82) is 0 Å². The second-order valence-corrected chi connectivity index (χ2v) is 9.18. The van der Waals surface area contributed by atoms with Crippen LogP contribution in [-0.2, 0) is 29.1 Å². The summed E-state index contributed by atoms with van der Waals surface area (Å²) in [4.78, 5) is 39.0. The van der Waals surface area contributed by atoms with E-state index in [-0.39, 0.29) is 34.7 Å². The molecule has 0 bridgehead atoms. The maximum Gasteiger partial charge on any atom is 0.358 e. The van der Waals surface area contributed by atoms with Gasteiger partial charge in [0, 0.05) is 31.1 Å². The van der Waals surface area contributed by atoms with E-state index in [9.17, 15) is 22.8 Å². The van der Waals surface area contributed by atoms with Crippen molar-refractivity contribution < 1.29 is 32.3 Å². The summed E-state index contributed by atoms with van der Waals surface area (Å²) in [6, 6.07) is 5.69. The number of nitrogens with zero attached hydrogens (tertiary/aromatic N) is 2. The number of amides is 2. The fourth-order valence-corrected chi connectivity index (χ4v) is 4.76. The van der Waals surface area contributed by atoms with Crippen LogP contribution in [0.15, 0.2) is 34.5 Å². The van der Waals surface area contributed by atoms with Crippen LogP contribution in [0.25, 0.3) is 0 Å². The second kappa shape index (κ2) is 9.96. The number of hydrogen-bond donors (Lipinski definition) is 2. The van der Waals surface area contributed by atoms with Gasteiger partial charge in [0.15, 0.2) is 17.4 Å². The lowest BCUT2D eigenvalue weighted by Crippen LogP contribution is -2.40. The third-order valence-electron chi connectivity index (χ3n) is 4.08. The van der Waals surface area contributed by atoms with E-state index in [1.807, 2.05) is 0 Å². The van der Waals surface area contributed by atoms with Crippen molar-refractivity contribution in [3.8, 4) is 0 Å². The first-order valence-electron chi connectivity index (χ1n) is 9.14. The molecule has 2 heterocycles. The zero-order chi connectivity index (χ0) is 22.4. The van der Waals surface area contributed by atoms with Crippen LogP contribution >= 0.6 is 11.3 Å². The molecule has 0 radical (unpaired) electrons. The van der Waals surface area contributed by atoms with Gasteiger partial charge in [-0.2, -0.15) is 4.31 Å². The summed E-state index contributed by atoms with van der Waals surface area (Å²) in [6.45, 7) is 2.03. The van der Waals surface area contributed by atoms with E-state index in [4.69, 9.17) is 9.47 Å². The molecule has 0 atom stereocenters. The lowest BCUT2D eigenvalue weighted by Gasteiger charge is -2.26. The lowest BCUT2D eigenvalue weighted by atomic mass is 10.3. The molecule has 2 amide bonds. The predicted molar refractivity (Wildman–Crippen MR) is 111 cm³/mol. The average Bonchev–Trinajstić information content (AvgIpc) is 3.21. The van der Waals surface area contributed by atoms with Gasteiger partial charge in [0.1, 0.15) is 0 Å². The summed E-state index contributed by atoms with van der Waals surface area (Å²) in [5.41, 5.74) is 0.322. The van der Waals surface area contributed by atoms with Gasteiger partial charge in [-0.3, -0.25) is 9.59 Å². The molecule has 11 nitrogen and oxygen atoms in total. The molecule has 31 heavy (non-hydrogen) atoms. The second-order valence-electron chi connectivity index (χ2n) is 6.38. The molecular formula is C18H20N4O7S2. The van der Waals surface area contributed by atoms with Crippen molar-refractivity contribution in [3.63, 3.8) is 0 Å². The van der Waals surface area contributed by atoms with E-state index in [0.717, 1.165) is 11.3 Å². The van der Waals surface area contributed by atoms with Gasteiger partial charge in [0.25, 0.3) is 5.91 Å². The minimum atomic E-state index is -3.63. The number of benzene rings is 1. The van der Waals surface area contributed by atoms with E-state index in [0.29, 0.717) is 18.9 Å². The topological polar surface area (TPSA) is 144 Å². The van der Waals surface area contributed by atoms with Gasteiger partial charge in [-0.1, -0.05) is 0 Å². The van der Waals surface area contributed by atoms with Crippen molar-refractivity contribution >= 4 is 50.0 Å². The Balaban J connectivity index is 1.52. The van der Waals surface area contributed by atoms with Crippen molar-refractivity contribution in [2.75, 3.05) is 43.5 Å². The fourth-order valence-electron chi connectivity index (χ4n) is 2.62. The van der Waals surface area contributed by atoms with Crippen molar-refractivity contribution in [1.82, 2.24) is 9.29 Å². The van der Waals surface area contributed by atoms with Crippen LogP contribution in [0, 0.1) is 0 Å². The van der Waals surface area contributed by atoms with Gasteiger partial charge in [0.05, 0.1) is 18.1 Å². The third-order valence-corrected chi connectivity index (χ3v) is 6.75. The maximum atomic E-state index is 12.6. The molecular weight excluding hydrogens is 448 g/mol. The number of nitrogens with one attached hydrogen (secondary N) is 2. The zero-order valence-electron chi connectivity index (χ0n) is 16.5. The molecule has 166 valence electrons. The van der Waals surface area contributed by atoms with Gasteiger partial charge in [0.2, 0.25) is 15.9 Å². The largest absolute Gasteiger partial charge is 0.451 e. The first kappa shape index (κ1) is 22.8. The Labute approximate surface area is 182 Å². The van der Waals surface area contributed by atoms with Gasteiger partial charge in [-0.05, 0) is 24.3 Å². The highest BCUT2D eigenvalue weighted by molar-refractivity contribution is 7.89. The standard InChI is InChI=1S/C18H20N4O7S2/c1-12(23)19-18-21-15(11-30-18)17(25)29-10-16(24)20-13-2-4-14(5-3-13)31(26,27)22-6-8-28-9-7-22/h2-5,11H,6-10H2,1H3,(H,20,24)(H,19,21,23). The Bertz CT molecular complexity index is 1060. The first-order valence-corrected chi connectivity index (χ1v) is 11.5. The van der Waals surface area contributed by atoms with Crippen molar-refractivity contribution in [3.05, 3.63) is 35.3 Å². The number of carbonyl (C=O) groups is 3. The smallest absolute Gasteiger partial charge is 0.358 e. The molecule has 1 aliphatic heterocycles. The number of thiazole rings is 1. The summed E-state index contributed by atoms with van der Waals surface area (Å²) < 4.78 is 36.6. The number of rotatable bonds is 7. The molecule has 1 saturated heterocycles. The SMILES string of the molecule is CC(=O)Nc1nc(C(=O)OCC(=O)Nc2ccc(S(=O)(=O)N3CCOCC3)cc2)cs1. The monoisotopic (exact) mass is 468 g/mol. The Kier molecular flexibility index (Phi) is 7.33. The average molecular weight is 469 g/mol. The molecule has 3 rings (SSSR count). The molecule has 0 spiro atoms. The molecule has 0 saturated carbocycles. The number of carbonyl (C=O) groups excluding carboxylic acids is 3. The molecule has 0 unspecified atom stereocenters. The summed E-state index contributed by atoms with van der Waals surface area (Å²) in [7, 11) is -3.63. The van der Waals surface area contributed by atoms with Crippen LogP contribution in [0.5, 0.6) is 0 Å². The van der Waals surface area contributed by atoms with E-state index < -0.39 is 28.5 Å². The van der Waals surface area contributed by atoms with Gasteiger partial charge in [-0.25, -0.2) is 18.2 Å². The molecule has 13 heteroatoms. The number of aromatic nitrogens is 1. The highest BCUT2D eigenvalue weighted by Gasteiger charge is 2.26. The van der Waals surface area contributed by atoms with Crippen LogP contribution in [0.3, 0.4) is 0 Å². The third kappa shape index (κ3) is 6.07. The Morgan fingerprint density at radius 3 is 2.48 bits per heavy atom. The quantitative estimate of drug-likeness (QED) is 0.571. The molecule has 1 fully saturated rings. The summed E-state index contributed by atoms with van der Waals surface area (Å²) in [6.07, 6.45) is 0. The van der Waals surface area contributed by atoms with E-state index >= 15 is 0 Å². The number of sulfonamides is 1. The minimum absolute atomic E-state index is 0.0285. The molecule has 2 aromatic rings. The Morgan fingerprint density at radius 2 is 1.84 bits per heavy atom. The molecule has 2 N–H and O–H groups in total. The van der Waals surface area contributed by atoms with Crippen LogP contribution in [0.2, 0.25) is 0 Å². The maximum absolute atomic E-state index is 12.6. The highest BCUT2D eigenvalue weighted by Crippen LogP contribution is 2.20. The highest BCUT2D eigenvalue weighted by atomic mass is 32.2. The normalized spacial score (nSPS) is 14.6. The van der Waals surface area contributed by atoms with E-state index in [2.05, 4.69) is 15.6 Å². The van der Waals surface area contributed by atoms with Gasteiger partial charge < -0.3 is 20.1 Å². The molecule has 1 aliphatic rings. The number of morpholine rings is 1. The summed E-state index contributed by atoms with van der Waals surface area (Å²) in [5.74, 6) is -1.73. The van der Waals surface area contributed by atoms with Crippen LogP contribution in [0.4, 0.5) is 10.8 Å². The number of esters is 1.